The number of hydrogen-bond acceptors (Lipinski definition) is 4. The lowest BCUT2D eigenvalue weighted by Gasteiger charge is -2.06. The first-order valence-corrected chi connectivity index (χ1v) is 9.19. The number of nitrogens with zero attached hydrogens (tertiary/aromatic N) is 3. The van der Waals surface area contributed by atoms with Gasteiger partial charge in [0, 0.05) is 11.3 Å². The van der Waals surface area contributed by atoms with Crippen molar-refractivity contribution in [2.75, 3.05) is 12.4 Å². The van der Waals surface area contributed by atoms with Gasteiger partial charge in [0.05, 0.1) is 12.8 Å². The van der Waals surface area contributed by atoms with Crippen molar-refractivity contribution < 1.29 is 9.53 Å². The number of amides is 1. The number of hydrogen-bond donors (Lipinski definition) is 1. The molecule has 0 saturated carbocycles. The fraction of sp³-hybridized carbons (Fsp3) is 0.0870. The molecule has 0 aliphatic rings. The van der Waals surface area contributed by atoms with E-state index in [-0.39, 0.29) is 11.7 Å². The molecule has 0 aliphatic carbocycles. The maximum absolute atomic E-state index is 12.8. The van der Waals surface area contributed by atoms with E-state index in [2.05, 4.69) is 15.4 Å². The first kappa shape index (κ1) is 18.4. The zero-order chi connectivity index (χ0) is 20.2. The molecule has 4 aromatic rings. The minimum absolute atomic E-state index is 0.0983. The molecular formula is C23H20N4O2. The Morgan fingerprint density at radius 3 is 2.41 bits per heavy atom. The molecule has 0 fully saturated rings. The van der Waals surface area contributed by atoms with Crippen molar-refractivity contribution in [3.8, 4) is 22.8 Å². The molecule has 4 rings (SSSR count). The average molecular weight is 384 g/mol. The van der Waals surface area contributed by atoms with Crippen molar-refractivity contribution in [1.82, 2.24) is 14.8 Å². The first-order valence-electron chi connectivity index (χ1n) is 9.19. The van der Waals surface area contributed by atoms with Crippen LogP contribution in [-0.2, 0) is 0 Å². The zero-order valence-electron chi connectivity index (χ0n) is 16.2. The number of carbonyl (C=O) groups is 1. The normalized spacial score (nSPS) is 10.6. The monoisotopic (exact) mass is 384 g/mol. The minimum Gasteiger partial charge on any atom is -0.497 e. The van der Waals surface area contributed by atoms with Gasteiger partial charge in [0.1, 0.15) is 5.75 Å². The molecule has 144 valence electrons. The summed E-state index contributed by atoms with van der Waals surface area (Å²) in [6.07, 6.45) is 0. The van der Waals surface area contributed by atoms with E-state index >= 15 is 0 Å². The summed E-state index contributed by atoms with van der Waals surface area (Å²) in [6, 6.07) is 24.7. The molecule has 0 spiro atoms. The van der Waals surface area contributed by atoms with Crippen molar-refractivity contribution in [2.45, 2.75) is 6.92 Å². The molecule has 1 N–H and O–H groups in total. The third-order valence-corrected chi connectivity index (χ3v) is 4.44. The van der Waals surface area contributed by atoms with Crippen molar-refractivity contribution >= 4 is 11.6 Å². The Bertz CT molecular complexity index is 1140. The molecule has 0 unspecified atom stereocenters. The Hall–Kier alpha value is -3.93. The molecule has 3 aromatic carbocycles. The number of benzene rings is 3. The van der Waals surface area contributed by atoms with Crippen LogP contribution in [0, 0.1) is 6.92 Å². The van der Waals surface area contributed by atoms with Gasteiger partial charge in [-0.2, -0.15) is 0 Å². The number of nitrogens with one attached hydrogen (secondary N) is 1. The first-order chi connectivity index (χ1) is 14.1. The lowest BCUT2D eigenvalue weighted by Crippen LogP contribution is -2.14. The summed E-state index contributed by atoms with van der Waals surface area (Å²) in [5.74, 6) is 1.06. The van der Waals surface area contributed by atoms with E-state index in [1.807, 2.05) is 85.8 Å². The summed E-state index contributed by atoms with van der Waals surface area (Å²) in [7, 11) is 1.62. The van der Waals surface area contributed by atoms with Crippen LogP contribution in [-0.4, -0.2) is 27.8 Å². The third kappa shape index (κ3) is 4.01. The zero-order valence-corrected chi connectivity index (χ0v) is 16.2. The van der Waals surface area contributed by atoms with Gasteiger partial charge in [-0.15, -0.1) is 5.10 Å². The van der Waals surface area contributed by atoms with Gasteiger partial charge in [-0.1, -0.05) is 30.3 Å². The van der Waals surface area contributed by atoms with Crippen LogP contribution in [0.2, 0.25) is 0 Å². The van der Waals surface area contributed by atoms with E-state index in [0.29, 0.717) is 11.5 Å². The predicted octanol–water partition coefficient (Wildman–Crippen LogP) is 4.50. The largest absolute Gasteiger partial charge is 0.497 e. The molecule has 6 nitrogen and oxygen atoms in total. The molecule has 0 aliphatic heterocycles. The summed E-state index contributed by atoms with van der Waals surface area (Å²) in [5, 5.41) is 7.34. The summed E-state index contributed by atoms with van der Waals surface area (Å²) in [4.78, 5) is 17.3. The van der Waals surface area contributed by atoms with Crippen LogP contribution in [0.3, 0.4) is 0 Å². The second kappa shape index (κ2) is 7.98. The number of methoxy groups -OCH3 is 1. The molecule has 0 saturated heterocycles. The maximum Gasteiger partial charge on any atom is 0.295 e. The smallest absolute Gasteiger partial charge is 0.295 e. The standard InChI is InChI=1S/C23H20N4O2/c1-16-7-6-8-18(15-16)24-23(28)21-25-22(17-11-13-20(29-2)14-12-17)27(26-21)19-9-4-3-5-10-19/h3-15H,1-2H3,(H,24,28). The van der Waals surface area contributed by atoms with Crippen LogP contribution in [0.15, 0.2) is 78.9 Å². The topological polar surface area (TPSA) is 69.0 Å². The van der Waals surface area contributed by atoms with E-state index in [1.54, 1.807) is 11.8 Å². The fourth-order valence-corrected chi connectivity index (χ4v) is 2.99. The van der Waals surface area contributed by atoms with Gasteiger partial charge in [0.2, 0.25) is 5.82 Å². The Morgan fingerprint density at radius 1 is 0.966 bits per heavy atom. The molecule has 1 heterocycles. The number of anilines is 1. The van der Waals surface area contributed by atoms with Gasteiger partial charge < -0.3 is 10.1 Å². The van der Waals surface area contributed by atoms with Crippen molar-refractivity contribution in [3.63, 3.8) is 0 Å². The number of rotatable bonds is 5. The van der Waals surface area contributed by atoms with Crippen molar-refractivity contribution in [2.24, 2.45) is 0 Å². The van der Waals surface area contributed by atoms with Gasteiger partial charge in [-0.05, 0) is 61.0 Å². The number of aryl methyl sites for hydroxylation is 1. The third-order valence-electron chi connectivity index (χ3n) is 4.44. The highest BCUT2D eigenvalue weighted by molar-refractivity contribution is 6.01. The van der Waals surface area contributed by atoms with Crippen LogP contribution in [0.25, 0.3) is 17.1 Å². The van der Waals surface area contributed by atoms with E-state index in [9.17, 15) is 4.79 Å². The van der Waals surface area contributed by atoms with E-state index in [1.165, 1.54) is 0 Å². The van der Waals surface area contributed by atoms with Crippen LogP contribution in [0.1, 0.15) is 16.2 Å². The van der Waals surface area contributed by atoms with E-state index in [4.69, 9.17) is 4.74 Å². The number of aromatic nitrogens is 3. The number of para-hydroxylation sites is 1. The summed E-state index contributed by atoms with van der Waals surface area (Å²) in [5.41, 5.74) is 3.42. The Kier molecular flexibility index (Phi) is 5.07. The molecule has 0 bridgehead atoms. The lowest BCUT2D eigenvalue weighted by molar-refractivity contribution is 0.101. The van der Waals surface area contributed by atoms with Crippen molar-refractivity contribution in [1.29, 1.82) is 0 Å². The molecular weight excluding hydrogens is 364 g/mol. The van der Waals surface area contributed by atoms with Crippen LogP contribution < -0.4 is 10.1 Å². The lowest BCUT2D eigenvalue weighted by atomic mass is 10.2. The second-order valence-electron chi connectivity index (χ2n) is 6.56. The molecule has 6 heteroatoms. The molecule has 29 heavy (non-hydrogen) atoms. The predicted molar refractivity (Wildman–Crippen MR) is 112 cm³/mol. The molecule has 0 atom stereocenters. The van der Waals surface area contributed by atoms with E-state index in [0.717, 1.165) is 22.6 Å². The van der Waals surface area contributed by atoms with Crippen molar-refractivity contribution in [3.05, 3.63) is 90.3 Å². The van der Waals surface area contributed by atoms with Crippen LogP contribution >= 0.6 is 0 Å². The Labute approximate surface area is 168 Å². The number of carbonyl (C=O) groups excluding carboxylic acids is 1. The van der Waals surface area contributed by atoms with Gasteiger partial charge in [-0.25, -0.2) is 9.67 Å². The SMILES string of the molecule is COc1ccc(-c2nc(C(=O)Nc3cccc(C)c3)nn2-c2ccccc2)cc1. The number of ether oxygens (including phenoxy) is 1. The van der Waals surface area contributed by atoms with Crippen LogP contribution in [0.4, 0.5) is 5.69 Å². The highest BCUT2D eigenvalue weighted by Crippen LogP contribution is 2.24. The van der Waals surface area contributed by atoms with Gasteiger partial charge in [0.25, 0.3) is 5.91 Å². The molecule has 1 aromatic heterocycles. The van der Waals surface area contributed by atoms with Gasteiger partial charge in [-0.3, -0.25) is 4.79 Å². The highest BCUT2D eigenvalue weighted by atomic mass is 16.5. The molecule has 1 amide bonds. The van der Waals surface area contributed by atoms with Crippen LogP contribution in [0.5, 0.6) is 5.75 Å². The van der Waals surface area contributed by atoms with Gasteiger partial charge >= 0.3 is 0 Å². The summed E-state index contributed by atoms with van der Waals surface area (Å²) >= 11 is 0. The van der Waals surface area contributed by atoms with E-state index < -0.39 is 0 Å². The quantitative estimate of drug-likeness (QED) is 0.550. The molecule has 0 radical (unpaired) electrons. The minimum atomic E-state index is -0.361. The Balaban J connectivity index is 1.73. The highest BCUT2D eigenvalue weighted by Gasteiger charge is 2.19. The second-order valence-corrected chi connectivity index (χ2v) is 6.56. The summed E-state index contributed by atoms with van der Waals surface area (Å²) in [6.45, 7) is 1.97. The Morgan fingerprint density at radius 2 is 1.72 bits per heavy atom. The van der Waals surface area contributed by atoms with Gasteiger partial charge in [0.15, 0.2) is 5.82 Å². The fourth-order valence-electron chi connectivity index (χ4n) is 2.99. The average Bonchev–Trinajstić information content (AvgIpc) is 3.20. The maximum atomic E-state index is 12.8. The summed E-state index contributed by atoms with van der Waals surface area (Å²) < 4.78 is 6.91.